The first-order valence-corrected chi connectivity index (χ1v) is 9.67. The number of hydrogen-bond acceptors (Lipinski definition) is 5. The minimum Gasteiger partial charge on any atom is -0.356 e. The summed E-state index contributed by atoms with van der Waals surface area (Å²) in [7, 11) is 3.61. The van der Waals surface area contributed by atoms with Gasteiger partial charge in [-0.05, 0) is 36.2 Å². The molecule has 1 aliphatic rings. The van der Waals surface area contributed by atoms with E-state index >= 15 is 0 Å². The second-order valence-electron chi connectivity index (χ2n) is 7.07. The van der Waals surface area contributed by atoms with Gasteiger partial charge in [0, 0.05) is 33.5 Å². The highest BCUT2D eigenvalue weighted by molar-refractivity contribution is 6.03. The van der Waals surface area contributed by atoms with Crippen molar-refractivity contribution in [1.82, 2.24) is 5.32 Å². The minimum absolute atomic E-state index is 0.0131. The molecule has 1 amide bonds. The zero-order valence-corrected chi connectivity index (χ0v) is 17.0. The summed E-state index contributed by atoms with van der Waals surface area (Å²) in [6, 6.07) is 15.9. The molecule has 0 spiro atoms. The van der Waals surface area contributed by atoms with Gasteiger partial charge in [0.25, 0.3) is 0 Å². The van der Waals surface area contributed by atoms with E-state index < -0.39 is 0 Å². The first kappa shape index (κ1) is 21.1. The van der Waals surface area contributed by atoms with Crippen LogP contribution < -0.4 is 15.1 Å². The Labute approximate surface area is 175 Å². The van der Waals surface area contributed by atoms with Gasteiger partial charge < -0.3 is 15.1 Å². The van der Waals surface area contributed by atoms with Crippen molar-refractivity contribution in [2.24, 2.45) is 0 Å². The molecule has 3 rings (SSSR count). The summed E-state index contributed by atoms with van der Waals surface area (Å²) in [6.07, 6.45) is 0.426. The van der Waals surface area contributed by atoms with E-state index in [9.17, 15) is 19.2 Å². The number of allylic oxidation sites excluding steroid dienone is 1. The molecule has 2 aromatic carbocycles. The van der Waals surface area contributed by atoms with Gasteiger partial charge in [0.2, 0.25) is 5.91 Å². The number of anilines is 2. The van der Waals surface area contributed by atoms with Crippen LogP contribution in [-0.2, 0) is 16.0 Å². The molecular weight excluding hydrogens is 383 g/mol. The molecule has 1 heterocycles. The normalized spacial score (nSPS) is 12.4. The minimum atomic E-state index is -0.376. The number of carbonyl (C=O) groups is 2. The lowest BCUT2D eigenvalue weighted by atomic mass is 10.1. The summed E-state index contributed by atoms with van der Waals surface area (Å²) in [5, 5.41) is 12.3. The lowest BCUT2D eigenvalue weighted by molar-refractivity contribution is -0.124. The number of nitrogens with zero attached hydrogens (tertiary/aromatic N) is 3. The van der Waals surface area contributed by atoms with Gasteiger partial charge in [0.05, 0.1) is 11.4 Å². The molecule has 0 aliphatic carbocycles. The Morgan fingerprint density at radius 1 is 1.03 bits per heavy atom. The van der Waals surface area contributed by atoms with Crippen LogP contribution in [0.4, 0.5) is 15.8 Å². The van der Waals surface area contributed by atoms with E-state index in [-0.39, 0.29) is 35.9 Å². The van der Waals surface area contributed by atoms with E-state index in [2.05, 4.69) is 5.32 Å². The predicted molar refractivity (Wildman–Crippen MR) is 113 cm³/mol. The molecule has 0 unspecified atom stereocenters. The number of halogens is 1. The van der Waals surface area contributed by atoms with E-state index in [1.54, 1.807) is 26.2 Å². The molecule has 1 N–H and O–H groups in total. The fourth-order valence-electron chi connectivity index (χ4n) is 3.54. The smallest absolute Gasteiger partial charge is 0.220 e. The quantitative estimate of drug-likeness (QED) is 0.565. The molecule has 0 atom stereocenters. The Hall–Kier alpha value is -3.66. The summed E-state index contributed by atoms with van der Waals surface area (Å²) in [5.41, 5.74) is 2.63. The fraction of sp³-hybridized carbons (Fsp3) is 0.261. The standard InChI is InChI=1S/C23H23FN4O2/c1-27-19-8-3-4-9-20(19)28(2)23(27)18(15-25)21(29)10-11-22(30)26-13-12-16-6-5-7-17(24)14-16/h3-9,14H,10-13H2,1-2H3,(H,26,30). The third-order valence-electron chi connectivity index (χ3n) is 5.06. The zero-order chi connectivity index (χ0) is 21.7. The maximum Gasteiger partial charge on any atom is 0.220 e. The first-order chi connectivity index (χ1) is 14.4. The van der Waals surface area contributed by atoms with Crippen molar-refractivity contribution in [1.29, 1.82) is 5.26 Å². The van der Waals surface area contributed by atoms with Crippen molar-refractivity contribution in [3.05, 3.63) is 71.3 Å². The maximum atomic E-state index is 13.2. The molecule has 0 aromatic heterocycles. The number of nitrogens with one attached hydrogen (secondary N) is 1. The van der Waals surface area contributed by atoms with Gasteiger partial charge in [-0.3, -0.25) is 9.59 Å². The summed E-state index contributed by atoms with van der Waals surface area (Å²) in [5.74, 6) is -0.460. The largest absolute Gasteiger partial charge is 0.356 e. The van der Waals surface area contributed by atoms with Crippen LogP contribution in [0.15, 0.2) is 59.9 Å². The Bertz CT molecular complexity index is 1010. The van der Waals surface area contributed by atoms with Gasteiger partial charge in [-0.1, -0.05) is 24.3 Å². The average molecular weight is 406 g/mol. The third kappa shape index (κ3) is 4.49. The summed E-state index contributed by atoms with van der Waals surface area (Å²) < 4.78 is 13.2. The molecule has 30 heavy (non-hydrogen) atoms. The van der Waals surface area contributed by atoms with Crippen molar-refractivity contribution < 1.29 is 14.0 Å². The van der Waals surface area contributed by atoms with Crippen LogP contribution in [-0.4, -0.2) is 32.3 Å². The number of Topliss-reactive ketones (excluding diaryl/α,β-unsaturated/α-hetero) is 1. The lowest BCUT2D eigenvalue weighted by Crippen LogP contribution is -2.28. The Kier molecular flexibility index (Phi) is 6.48. The lowest BCUT2D eigenvalue weighted by Gasteiger charge is -2.19. The van der Waals surface area contributed by atoms with Gasteiger partial charge in [0.15, 0.2) is 5.78 Å². The molecule has 0 radical (unpaired) electrons. The number of hydrogen-bond donors (Lipinski definition) is 1. The average Bonchev–Trinajstić information content (AvgIpc) is 2.98. The van der Waals surface area contributed by atoms with E-state index in [0.717, 1.165) is 16.9 Å². The highest BCUT2D eigenvalue weighted by Crippen LogP contribution is 2.40. The number of rotatable bonds is 7. The van der Waals surface area contributed by atoms with Crippen LogP contribution in [0.5, 0.6) is 0 Å². The number of ketones is 1. The van der Waals surface area contributed by atoms with Crippen molar-refractivity contribution in [3.8, 4) is 6.07 Å². The Balaban J connectivity index is 1.58. The first-order valence-electron chi connectivity index (χ1n) is 9.67. The summed E-state index contributed by atoms with van der Waals surface area (Å²) >= 11 is 0. The molecule has 2 aromatic rings. The SMILES string of the molecule is CN1C(=C(C#N)C(=O)CCC(=O)NCCc2cccc(F)c2)N(C)c2ccccc21. The van der Waals surface area contributed by atoms with E-state index in [4.69, 9.17) is 0 Å². The van der Waals surface area contributed by atoms with Gasteiger partial charge in [0.1, 0.15) is 23.3 Å². The van der Waals surface area contributed by atoms with Crippen LogP contribution in [0, 0.1) is 17.1 Å². The summed E-state index contributed by atoms with van der Waals surface area (Å²) in [6.45, 7) is 0.351. The highest BCUT2D eigenvalue weighted by Gasteiger charge is 2.31. The van der Waals surface area contributed by atoms with E-state index in [1.165, 1.54) is 12.1 Å². The van der Waals surface area contributed by atoms with Gasteiger partial charge in [-0.2, -0.15) is 5.26 Å². The van der Waals surface area contributed by atoms with Crippen molar-refractivity contribution in [2.75, 3.05) is 30.4 Å². The molecule has 0 bridgehead atoms. The Morgan fingerprint density at radius 2 is 1.70 bits per heavy atom. The molecule has 0 saturated heterocycles. The number of benzene rings is 2. The summed E-state index contributed by atoms with van der Waals surface area (Å²) in [4.78, 5) is 28.4. The number of fused-ring (bicyclic) bond motifs is 1. The van der Waals surface area contributed by atoms with Gasteiger partial charge in [-0.25, -0.2) is 4.39 Å². The van der Waals surface area contributed by atoms with Gasteiger partial charge >= 0.3 is 0 Å². The maximum absolute atomic E-state index is 13.2. The third-order valence-corrected chi connectivity index (χ3v) is 5.06. The Morgan fingerprint density at radius 3 is 2.30 bits per heavy atom. The molecule has 7 heteroatoms. The van der Waals surface area contributed by atoms with Crippen LogP contribution in [0.1, 0.15) is 18.4 Å². The molecule has 6 nitrogen and oxygen atoms in total. The van der Waals surface area contributed by atoms with Crippen LogP contribution in [0.3, 0.4) is 0 Å². The fourth-order valence-corrected chi connectivity index (χ4v) is 3.54. The predicted octanol–water partition coefficient (Wildman–Crippen LogP) is 3.16. The molecule has 154 valence electrons. The number of amides is 1. The highest BCUT2D eigenvalue weighted by atomic mass is 19.1. The van der Waals surface area contributed by atoms with Crippen LogP contribution in [0.25, 0.3) is 0 Å². The number of carbonyl (C=O) groups excluding carboxylic acids is 2. The van der Waals surface area contributed by atoms with E-state index in [1.807, 2.05) is 40.1 Å². The number of nitriles is 1. The molecule has 0 saturated carbocycles. The van der Waals surface area contributed by atoms with Crippen LogP contribution >= 0.6 is 0 Å². The van der Waals surface area contributed by atoms with Gasteiger partial charge in [-0.15, -0.1) is 0 Å². The monoisotopic (exact) mass is 406 g/mol. The van der Waals surface area contributed by atoms with Crippen molar-refractivity contribution >= 4 is 23.1 Å². The van der Waals surface area contributed by atoms with Crippen molar-refractivity contribution in [3.63, 3.8) is 0 Å². The second-order valence-corrected chi connectivity index (χ2v) is 7.07. The molecule has 0 fully saturated rings. The number of para-hydroxylation sites is 2. The zero-order valence-electron chi connectivity index (χ0n) is 17.0. The molecular formula is C23H23FN4O2. The topological polar surface area (TPSA) is 76.4 Å². The molecule has 1 aliphatic heterocycles. The second kappa shape index (κ2) is 9.23. The van der Waals surface area contributed by atoms with E-state index in [0.29, 0.717) is 18.8 Å². The van der Waals surface area contributed by atoms with Crippen molar-refractivity contribution in [2.45, 2.75) is 19.3 Å². The van der Waals surface area contributed by atoms with Crippen LogP contribution in [0.2, 0.25) is 0 Å².